The van der Waals surface area contributed by atoms with Crippen LogP contribution in [0.5, 0.6) is 17.2 Å². The molecule has 1 atom stereocenters. The summed E-state index contributed by atoms with van der Waals surface area (Å²) in [7, 11) is 3.15. The molecule has 4 rings (SSSR count). The van der Waals surface area contributed by atoms with Crippen molar-refractivity contribution in [2.24, 2.45) is 0 Å². The summed E-state index contributed by atoms with van der Waals surface area (Å²) in [6, 6.07) is 7.19. The number of hydrogen-bond acceptors (Lipinski definition) is 5. The standard InChI is InChI=1S/C20H20O5/c1-22-16-8-7-13(10-19(16)23-2)17-11-18-14(20(21)25-17)9-12-5-3-4-6-15(12)24-18/h7-11,15H,3-6H2,1-2H3. The van der Waals surface area contributed by atoms with E-state index in [2.05, 4.69) is 0 Å². The second kappa shape index (κ2) is 6.31. The fraction of sp³-hybridized carbons (Fsp3) is 0.350. The number of fused-ring (bicyclic) bond motifs is 2. The Morgan fingerprint density at radius 2 is 1.92 bits per heavy atom. The van der Waals surface area contributed by atoms with Gasteiger partial charge in [-0.05, 0) is 55.5 Å². The van der Waals surface area contributed by atoms with Gasteiger partial charge in [-0.3, -0.25) is 0 Å². The van der Waals surface area contributed by atoms with Gasteiger partial charge in [0.05, 0.1) is 14.2 Å². The molecular formula is C20H20O5. The Labute approximate surface area is 145 Å². The van der Waals surface area contributed by atoms with Crippen LogP contribution >= 0.6 is 0 Å². The Morgan fingerprint density at radius 3 is 2.72 bits per heavy atom. The predicted molar refractivity (Wildman–Crippen MR) is 94.4 cm³/mol. The molecule has 0 spiro atoms. The third-order valence-corrected chi connectivity index (χ3v) is 4.81. The molecule has 5 heteroatoms. The maximum Gasteiger partial charge on any atom is 0.347 e. The summed E-state index contributed by atoms with van der Waals surface area (Å²) < 4.78 is 22.2. The molecule has 1 fully saturated rings. The highest BCUT2D eigenvalue weighted by atomic mass is 16.5. The molecule has 0 bridgehead atoms. The first kappa shape index (κ1) is 15.8. The number of methoxy groups -OCH3 is 2. The molecular weight excluding hydrogens is 320 g/mol. The minimum Gasteiger partial charge on any atom is -0.493 e. The maximum atomic E-state index is 12.5. The van der Waals surface area contributed by atoms with Gasteiger partial charge in [-0.15, -0.1) is 0 Å². The molecule has 0 N–H and O–H groups in total. The minimum atomic E-state index is -0.376. The van der Waals surface area contributed by atoms with E-state index in [0.29, 0.717) is 28.6 Å². The summed E-state index contributed by atoms with van der Waals surface area (Å²) in [6.45, 7) is 0. The van der Waals surface area contributed by atoms with Crippen LogP contribution in [0.2, 0.25) is 0 Å². The zero-order valence-electron chi connectivity index (χ0n) is 14.3. The van der Waals surface area contributed by atoms with Crippen molar-refractivity contribution in [2.45, 2.75) is 31.8 Å². The molecule has 5 nitrogen and oxygen atoms in total. The van der Waals surface area contributed by atoms with E-state index < -0.39 is 0 Å². The summed E-state index contributed by atoms with van der Waals surface area (Å²) in [5, 5.41) is 0. The van der Waals surface area contributed by atoms with Gasteiger partial charge in [-0.1, -0.05) is 0 Å². The second-order valence-electron chi connectivity index (χ2n) is 6.32. The highest BCUT2D eigenvalue weighted by molar-refractivity contribution is 5.68. The first-order valence-electron chi connectivity index (χ1n) is 8.47. The van der Waals surface area contributed by atoms with Gasteiger partial charge < -0.3 is 18.6 Å². The van der Waals surface area contributed by atoms with E-state index in [-0.39, 0.29) is 11.7 Å². The fourth-order valence-corrected chi connectivity index (χ4v) is 3.48. The van der Waals surface area contributed by atoms with Crippen molar-refractivity contribution in [3.8, 4) is 28.6 Å². The summed E-state index contributed by atoms with van der Waals surface area (Å²) in [5.41, 5.74) is 2.07. The van der Waals surface area contributed by atoms with Crippen LogP contribution in [0.3, 0.4) is 0 Å². The normalized spacial score (nSPS) is 18.5. The van der Waals surface area contributed by atoms with Crippen LogP contribution in [0, 0.1) is 0 Å². The van der Waals surface area contributed by atoms with Crippen molar-refractivity contribution in [2.75, 3.05) is 14.2 Å². The third-order valence-electron chi connectivity index (χ3n) is 4.81. The Kier molecular flexibility index (Phi) is 3.99. The quantitative estimate of drug-likeness (QED) is 0.844. The predicted octanol–water partition coefficient (Wildman–Crippen LogP) is 4.04. The van der Waals surface area contributed by atoms with Crippen molar-refractivity contribution in [1.29, 1.82) is 0 Å². The highest BCUT2D eigenvalue weighted by Crippen LogP contribution is 2.38. The Balaban J connectivity index is 1.78. The van der Waals surface area contributed by atoms with E-state index in [0.717, 1.165) is 31.2 Å². The monoisotopic (exact) mass is 340 g/mol. The molecule has 0 amide bonds. The lowest BCUT2D eigenvalue weighted by molar-refractivity contribution is 0.198. The van der Waals surface area contributed by atoms with E-state index in [9.17, 15) is 4.79 Å². The largest absolute Gasteiger partial charge is 0.493 e. The Hall–Kier alpha value is -2.69. The summed E-state index contributed by atoms with van der Waals surface area (Å²) >= 11 is 0. The average Bonchev–Trinajstić information content (AvgIpc) is 2.66. The van der Waals surface area contributed by atoms with Gasteiger partial charge >= 0.3 is 5.63 Å². The molecule has 1 aliphatic carbocycles. The van der Waals surface area contributed by atoms with Crippen molar-refractivity contribution >= 4 is 6.08 Å². The maximum absolute atomic E-state index is 12.5. The molecule has 130 valence electrons. The van der Waals surface area contributed by atoms with E-state index in [4.69, 9.17) is 18.6 Å². The van der Waals surface area contributed by atoms with Gasteiger partial charge in [0.2, 0.25) is 0 Å². The average molecular weight is 340 g/mol. The van der Waals surface area contributed by atoms with Gasteiger partial charge in [-0.25, -0.2) is 4.79 Å². The van der Waals surface area contributed by atoms with E-state index in [1.54, 1.807) is 32.4 Å². The summed E-state index contributed by atoms with van der Waals surface area (Å²) in [4.78, 5) is 12.5. The van der Waals surface area contributed by atoms with Gasteiger partial charge in [0, 0.05) is 11.6 Å². The Bertz CT molecular complexity index is 893. The lowest BCUT2D eigenvalue weighted by Crippen LogP contribution is -2.27. The van der Waals surface area contributed by atoms with Gasteiger partial charge in [0.25, 0.3) is 0 Å². The van der Waals surface area contributed by atoms with Crippen LogP contribution in [0.25, 0.3) is 17.4 Å². The highest BCUT2D eigenvalue weighted by Gasteiger charge is 2.28. The van der Waals surface area contributed by atoms with E-state index >= 15 is 0 Å². The number of ether oxygens (including phenoxy) is 3. The minimum absolute atomic E-state index is 0.0845. The van der Waals surface area contributed by atoms with Crippen molar-refractivity contribution in [3.05, 3.63) is 45.8 Å². The number of hydrogen-bond donors (Lipinski definition) is 0. The molecule has 2 heterocycles. The lowest BCUT2D eigenvalue weighted by Gasteiger charge is -2.30. The summed E-state index contributed by atoms with van der Waals surface area (Å²) in [5.74, 6) is 2.25. The first-order chi connectivity index (χ1) is 12.2. The SMILES string of the molecule is COc1ccc(-c2cc3c(c(=O)o2)C=C2CCCCC2O3)cc1OC. The fourth-order valence-electron chi connectivity index (χ4n) is 3.48. The number of benzene rings is 1. The van der Waals surface area contributed by atoms with E-state index in [1.165, 1.54) is 5.57 Å². The third kappa shape index (κ3) is 2.80. The molecule has 0 radical (unpaired) electrons. The molecule has 1 aromatic carbocycles. The molecule has 2 aromatic rings. The molecule has 0 saturated heterocycles. The zero-order valence-corrected chi connectivity index (χ0v) is 14.3. The van der Waals surface area contributed by atoms with Crippen LogP contribution < -0.4 is 19.8 Å². The van der Waals surface area contributed by atoms with Crippen LogP contribution in [0.4, 0.5) is 0 Å². The smallest absolute Gasteiger partial charge is 0.347 e. The lowest BCUT2D eigenvalue weighted by atomic mass is 9.89. The van der Waals surface area contributed by atoms with Crippen LogP contribution in [0.1, 0.15) is 31.2 Å². The molecule has 1 aliphatic heterocycles. The molecule has 1 unspecified atom stereocenters. The Morgan fingerprint density at radius 1 is 1.08 bits per heavy atom. The van der Waals surface area contributed by atoms with Gasteiger partial charge in [0.15, 0.2) is 11.5 Å². The van der Waals surface area contributed by atoms with Crippen LogP contribution in [0.15, 0.2) is 39.1 Å². The van der Waals surface area contributed by atoms with Crippen molar-refractivity contribution in [1.82, 2.24) is 0 Å². The molecule has 1 aromatic heterocycles. The van der Waals surface area contributed by atoms with Crippen LogP contribution in [-0.4, -0.2) is 20.3 Å². The molecule has 1 saturated carbocycles. The molecule has 25 heavy (non-hydrogen) atoms. The summed E-state index contributed by atoms with van der Waals surface area (Å²) in [6.07, 6.45) is 6.32. The van der Waals surface area contributed by atoms with Gasteiger partial charge in [0.1, 0.15) is 23.2 Å². The second-order valence-corrected chi connectivity index (χ2v) is 6.32. The number of rotatable bonds is 3. The van der Waals surface area contributed by atoms with Crippen LogP contribution in [-0.2, 0) is 0 Å². The first-order valence-corrected chi connectivity index (χ1v) is 8.47. The topological polar surface area (TPSA) is 57.9 Å². The zero-order chi connectivity index (χ0) is 17.4. The van der Waals surface area contributed by atoms with E-state index in [1.807, 2.05) is 12.1 Å². The van der Waals surface area contributed by atoms with Crippen molar-refractivity contribution < 1.29 is 18.6 Å². The molecule has 2 aliphatic rings. The van der Waals surface area contributed by atoms with Gasteiger partial charge in [-0.2, -0.15) is 0 Å². The van der Waals surface area contributed by atoms with Crippen molar-refractivity contribution in [3.63, 3.8) is 0 Å².